The summed E-state index contributed by atoms with van der Waals surface area (Å²) in [7, 11) is 0. The minimum Gasteiger partial charge on any atom is -0.325 e. The Balaban J connectivity index is 1.81. The van der Waals surface area contributed by atoms with Crippen LogP contribution in [0.15, 0.2) is 64.5 Å². The summed E-state index contributed by atoms with van der Waals surface area (Å²) in [6, 6.07) is 18.5. The van der Waals surface area contributed by atoms with Gasteiger partial charge in [-0.25, -0.2) is 0 Å². The Morgan fingerprint density at radius 3 is 2.52 bits per heavy atom. The van der Waals surface area contributed by atoms with E-state index in [4.69, 9.17) is 0 Å². The molecular formula is C19H14BrNOS. The second-order valence-corrected chi connectivity index (χ2v) is 7.44. The lowest BCUT2D eigenvalue weighted by atomic mass is 9.89. The van der Waals surface area contributed by atoms with Gasteiger partial charge in [0.25, 0.3) is 0 Å². The summed E-state index contributed by atoms with van der Waals surface area (Å²) < 4.78 is 1.05. The maximum Gasteiger partial charge on any atom is 0.225 e. The fourth-order valence-corrected chi connectivity index (χ4v) is 4.45. The SMILES string of the molecule is O=C1C[C@H](c2ccc(Br)cc2)c2scc(-c3ccccc3)c2N1. The van der Waals surface area contributed by atoms with E-state index in [9.17, 15) is 4.79 Å². The lowest BCUT2D eigenvalue weighted by molar-refractivity contribution is -0.116. The molecule has 4 rings (SSSR count). The quantitative estimate of drug-likeness (QED) is 0.608. The first-order valence-electron chi connectivity index (χ1n) is 7.44. The van der Waals surface area contributed by atoms with Crippen LogP contribution < -0.4 is 5.32 Å². The van der Waals surface area contributed by atoms with Gasteiger partial charge in [0.15, 0.2) is 0 Å². The van der Waals surface area contributed by atoms with Crippen molar-refractivity contribution < 1.29 is 4.79 Å². The molecule has 1 amide bonds. The van der Waals surface area contributed by atoms with Crippen LogP contribution in [0, 0.1) is 0 Å². The molecule has 0 bridgehead atoms. The van der Waals surface area contributed by atoms with Crippen molar-refractivity contribution in [3.8, 4) is 11.1 Å². The zero-order valence-corrected chi connectivity index (χ0v) is 14.7. The van der Waals surface area contributed by atoms with E-state index in [2.05, 4.69) is 50.9 Å². The van der Waals surface area contributed by atoms with Gasteiger partial charge in [0.05, 0.1) is 5.69 Å². The number of anilines is 1. The van der Waals surface area contributed by atoms with Crippen molar-refractivity contribution in [2.45, 2.75) is 12.3 Å². The molecule has 1 aliphatic rings. The highest BCUT2D eigenvalue weighted by atomic mass is 79.9. The van der Waals surface area contributed by atoms with Crippen molar-refractivity contribution in [1.29, 1.82) is 0 Å². The molecule has 114 valence electrons. The predicted molar refractivity (Wildman–Crippen MR) is 99.0 cm³/mol. The molecule has 0 fully saturated rings. The number of carbonyl (C=O) groups is 1. The number of rotatable bonds is 2. The third kappa shape index (κ3) is 2.73. The van der Waals surface area contributed by atoms with E-state index in [0.717, 1.165) is 21.3 Å². The zero-order chi connectivity index (χ0) is 15.8. The molecule has 2 heterocycles. The van der Waals surface area contributed by atoms with E-state index in [1.165, 1.54) is 10.4 Å². The summed E-state index contributed by atoms with van der Waals surface area (Å²) in [4.78, 5) is 13.5. The number of carbonyl (C=O) groups excluding carboxylic acids is 1. The average molecular weight is 384 g/mol. The molecular weight excluding hydrogens is 370 g/mol. The fourth-order valence-electron chi connectivity index (χ4n) is 3.02. The Kier molecular flexibility index (Phi) is 3.79. The summed E-state index contributed by atoms with van der Waals surface area (Å²) in [6.45, 7) is 0. The molecule has 1 aromatic heterocycles. The molecule has 0 saturated heterocycles. The van der Waals surface area contributed by atoms with Gasteiger partial charge in [-0.3, -0.25) is 4.79 Å². The molecule has 1 N–H and O–H groups in total. The van der Waals surface area contributed by atoms with Crippen LogP contribution in [0.2, 0.25) is 0 Å². The van der Waals surface area contributed by atoms with Gasteiger partial charge in [-0.15, -0.1) is 11.3 Å². The van der Waals surface area contributed by atoms with Gasteiger partial charge in [0.2, 0.25) is 5.91 Å². The topological polar surface area (TPSA) is 29.1 Å². The van der Waals surface area contributed by atoms with Crippen molar-refractivity contribution >= 4 is 38.9 Å². The average Bonchev–Trinajstić information content (AvgIpc) is 2.99. The van der Waals surface area contributed by atoms with Crippen LogP contribution in [0.25, 0.3) is 11.1 Å². The Hall–Kier alpha value is -1.91. The highest BCUT2D eigenvalue weighted by Gasteiger charge is 2.30. The first kappa shape index (κ1) is 14.7. The molecule has 23 heavy (non-hydrogen) atoms. The number of nitrogens with one attached hydrogen (secondary N) is 1. The van der Waals surface area contributed by atoms with Crippen molar-refractivity contribution in [2.75, 3.05) is 5.32 Å². The van der Waals surface area contributed by atoms with Crippen molar-refractivity contribution in [1.82, 2.24) is 0 Å². The summed E-state index contributed by atoms with van der Waals surface area (Å²) in [5.74, 6) is 0.218. The maximum absolute atomic E-state index is 12.2. The Bertz CT molecular complexity index is 855. The molecule has 0 spiro atoms. The number of amides is 1. The summed E-state index contributed by atoms with van der Waals surface area (Å²) >= 11 is 5.20. The summed E-state index contributed by atoms with van der Waals surface area (Å²) in [6.07, 6.45) is 0.503. The molecule has 1 atom stereocenters. The highest BCUT2D eigenvalue weighted by Crippen LogP contribution is 2.46. The monoisotopic (exact) mass is 383 g/mol. The normalized spacial score (nSPS) is 16.7. The van der Waals surface area contributed by atoms with Crippen molar-refractivity contribution in [3.63, 3.8) is 0 Å². The van der Waals surface area contributed by atoms with Gasteiger partial charge in [-0.2, -0.15) is 0 Å². The van der Waals surface area contributed by atoms with Gasteiger partial charge < -0.3 is 5.32 Å². The van der Waals surface area contributed by atoms with Crippen molar-refractivity contribution in [2.24, 2.45) is 0 Å². The van der Waals surface area contributed by atoms with Crippen LogP contribution in [0.3, 0.4) is 0 Å². The summed E-state index contributed by atoms with van der Waals surface area (Å²) in [5.41, 5.74) is 4.42. The highest BCUT2D eigenvalue weighted by molar-refractivity contribution is 9.10. The first-order valence-corrected chi connectivity index (χ1v) is 9.12. The smallest absolute Gasteiger partial charge is 0.225 e. The van der Waals surface area contributed by atoms with Crippen LogP contribution in [0.5, 0.6) is 0 Å². The maximum atomic E-state index is 12.2. The van der Waals surface area contributed by atoms with E-state index < -0.39 is 0 Å². The molecule has 2 aromatic carbocycles. The molecule has 2 nitrogen and oxygen atoms in total. The minimum atomic E-state index is 0.0843. The Morgan fingerprint density at radius 1 is 1.04 bits per heavy atom. The number of benzene rings is 2. The van der Waals surface area contributed by atoms with Crippen LogP contribution >= 0.6 is 27.3 Å². The zero-order valence-electron chi connectivity index (χ0n) is 12.3. The van der Waals surface area contributed by atoms with E-state index in [0.29, 0.717) is 6.42 Å². The molecule has 4 heteroatoms. The van der Waals surface area contributed by atoms with E-state index in [1.807, 2.05) is 30.3 Å². The van der Waals surface area contributed by atoms with E-state index >= 15 is 0 Å². The van der Waals surface area contributed by atoms with Gasteiger partial charge in [0.1, 0.15) is 0 Å². The van der Waals surface area contributed by atoms with Crippen LogP contribution in [-0.4, -0.2) is 5.91 Å². The van der Waals surface area contributed by atoms with Crippen LogP contribution in [0.4, 0.5) is 5.69 Å². The number of hydrogen-bond acceptors (Lipinski definition) is 2. The Labute approximate surface area is 147 Å². The number of hydrogen-bond donors (Lipinski definition) is 1. The lowest BCUT2D eigenvalue weighted by Gasteiger charge is -2.24. The standard InChI is InChI=1S/C19H14BrNOS/c20-14-8-6-13(7-9-14)15-10-17(22)21-18-16(11-23-19(15)18)12-4-2-1-3-5-12/h1-9,11,15H,10H2,(H,21,22)/t15-/m1/s1. The van der Waals surface area contributed by atoms with Crippen LogP contribution in [-0.2, 0) is 4.79 Å². The third-order valence-electron chi connectivity index (χ3n) is 4.15. The molecule has 3 aromatic rings. The second-order valence-electron chi connectivity index (χ2n) is 5.61. The van der Waals surface area contributed by atoms with E-state index in [1.54, 1.807) is 11.3 Å². The minimum absolute atomic E-state index is 0.0843. The summed E-state index contributed by atoms with van der Waals surface area (Å²) in [5, 5.41) is 5.23. The third-order valence-corrected chi connectivity index (χ3v) is 5.77. The van der Waals surface area contributed by atoms with Crippen LogP contribution in [0.1, 0.15) is 22.8 Å². The van der Waals surface area contributed by atoms with Gasteiger partial charge in [-0.05, 0) is 23.3 Å². The number of halogens is 1. The van der Waals surface area contributed by atoms with Gasteiger partial charge >= 0.3 is 0 Å². The van der Waals surface area contributed by atoms with Crippen molar-refractivity contribution in [3.05, 3.63) is 74.9 Å². The van der Waals surface area contributed by atoms with Gasteiger partial charge in [-0.1, -0.05) is 58.4 Å². The second kappa shape index (κ2) is 5.95. The fraction of sp³-hybridized carbons (Fsp3) is 0.105. The predicted octanol–water partition coefficient (Wildman–Crippen LogP) is 5.65. The van der Waals surface area contributed by atoms with E-state index in [-0.39, 0.29) is 11.8 Å². The Morgan fingerprint density at radius 2 is 1.78 bits per heavy atom. The largest absolute Gasteiger partial charge is 0.325 e. The molecule has 0 aliphatic carbocycles. The number of thiophene rings is 1. The number of fused-ring (bicyclic) bond motifs is 1. The molecule has 1 aliphatic heterocycles. The molecule has 0 unspecified atom stereocenters. The lowest BCUT2D eigenvalue weighted by Crippen LogP contribution is -2.22. The van der Waals surface area contributed by atoms with Gasteiger partial charge in [0, 0.05) is 32.6 Å². The molecule has 0 saturated carbocycles. The first-order chi connectivity index (χ1) is 11.2. The molecule has 0 radical (unpaired) electrons.